The number of rotatable bonds is 7. The number of hydrogen-bond acceptors (Lipinski definition) is 5. The first kappa shape index (κ1) is 21.4. The minimum atomic E-state index is -2.36. The average molecular weight is 347 g/mol. The lowest BCUT2D eigenvalue weighted by atomic mass is 10.2. The molecule has 0 aromatic rings. The molecular weight excluding hydrogens is 316 g/mol. The molecular formula is C15H30N2O5Si. The van der Waals surface area contributed by atoms with E-state index in [0.717, 1.165) is 0 Å². The van der Waals surface area contributed by atoms with Gasteiger partial charge < -0.3 is 20.2 Å². The fourth-order valence-corrected chi connectivity index (χ4v) is 2.25. The first-order valence-corrected chi connectivity index (χ1v) is 10.6. The van der Waals surface area contributed by atoms with Crippen molar-refractivity contribution in [1.29, 1.82) is 0 Å². The molecule has 0 unspecified atom stereocenters. The number of carbonyl (C=O) groups is 3. The molecule has 0 heterocycles. The molecule has 0 fully saturated rings. The second-order valence-corrected chi connectivity index (χ2v) is 12.3. The van der Waals surface area contributed by atoms with E-state index in [1.54, 1.807) is 0 Å². The largest absolute Gasteiger partial charge is 0.518 e. The van der Waals surface area contributed by atoms with Gasteiger partial charge >= 0.3 is 12.1 Å². The summed E-state index contributed by atoms with van der Waals surface area (Å²) in [4.78, 5) is 35.2. The van der Waals surface area contributed by atoms with Crippen LogP contribution in [0.25, 0.3) is 0 Å². The molecule has 1 atom stereocenters. The van der Waals surface area contributed by atoms with Crippen LogP contribution in [-0.4, -0.2) is 38.9 Å². The Labute approximate surface area is 139 Å². The van der Waals surface area contributed by atoms with E-state index in [1.165, 1.54) is 0 Å². The van der Waals surface area contributed by atoms with Gasteiger partial charge in [0.15, 0.2) is 0 Å². The number of ether oxygens (including phenoxy) is 1. The van der Waals surface area contributed by atoms with Gasteiger partial charge in [-0.15, -0.1) is 0 Å². The van der Waals surface area contributed by atoms with Crippen molar-refractivity contribution in [3.63, 3.8) is 0 Å². The van der Waals surface area contributed by atoms with Crippen LogP contribution in [0.3, 0.4) is 0 Å². The Kier molecular flexibility index (Phi) is 7.76. The van der Waals surface area contributed by atoms with Gasteiger partial charge in [0.1, 0.15) is 6.04 Å². The highest BCUT2D eigenvalue weighted by atomic mass is 28.4. The maximum absolute atomic E-state index is 12.3. The predicted octanol–water partition coefficient (Wildman–Crippen LogP) is 2.16. The summed E-state index contributed by atoms with van der Waals surface area (Å²) in [5, 5.41) is 2.18. The standard InChI is InChI=1S/C15H30N2O5Si/c1-10(2)9-21-14(20)17-11(8-12(16)18)13(19)22-23(6,7)15(3,4)5/h10-11H,8-9H2,1-7H3,(H2,16,18)(H,17,20)/t11-/m0/s1. The second-order valence-electron chi connectivity index (χ2n) is 7.54. The van der Waals surface area contributed by atoms with Gasteiger partial charge in [0.25, 0.3) is 8.32 Å². The van der Waals surface area contributed by atoms with E-state index in [2.05, 4.69) is 5.32 Å². The van der Waals surface area contributed by atoms with Crippen LogP contribution < -0.4 is 11.1 Å². The van der Waals surface area contributed by atoms with Crippen LogP contribution in [0.2, 0.25) is 18.1 Å². The summed E-state index contributed by atoms with van der Waals surface area (Å²) in [5.41, 5.74) is 5.15. The maximum atomic E-state index is 12.3. The van der Waals surface area contributed by atoms with Crippen LogP contribution in [0, 0.1) is 5.92 Å². The van der Waals surface area contributed by atoms with Crippen molar-refractivity contribution in [2.45, 2.75) is 65.2 Å². The lowest BCUT2D eigenvalue weighted by molar-refractivity contribution is -0.139. The lowest BCUT2D eigenvalue weighted by Crippen LogP contribution is -2.50. The Morgan fingerprint density at radius 2 is 1.70 bits per heavy atom. The molecule has 3 N–H and O–H groups in total. The SMILES string of the molecule is CC(C)COC(=O)N[C@@H](CC(N)=O)C(=O)O[Si](C)(C)C(C)(C)C. The molecule has 0 aliphatic heterocycles. The topological polar surface area (TPSA) is 108 Å². The van der Waals surface area contributed by atoms with Crippen LogP contribution in [0.5, 0.6) is 0 Å². The number of nitrogens with two attached hydrogens (primary N) is 1. The van der Waals surface area contributed by atoms with E-state index in [9.17, 15) is 14.4 Å². The molecule has 0 saturated heterocycles. The maximum Gasteiger partial charge on any atom is 0.407 e. The van der Waals surface area contributed by atoms with Crippen LogP contribution in [0.4, 0.5) is 4.79 Å². The van der Waals surface area contributed by atoms with E-state index < -0.39 is 32.3 Å². The van der Waals surface area contributed by atoms with Crippen molar-refractivity contribution in [3.05, 3.63) is 0 Å². The van der Waals surface area contributed by atoms with Crippen molar-refractivity contribution in [1.82, 2.24) is 5.32 Å². The molecule has 0 spiro atoms. The number of alkyl carbamates (subject to hydrolysis) is 1. The van der Waals surface area contributed by atoms with Gasteiger partial charge in [0.05, 0.1) is 13.0 Å². The minimum absolute atomic E-state index is 0.162. The van der Waals surface area contributed by atoms with E-state index in [4.69, 9.17) is 14.9 Å². The van der Waals surface area contributed by atoms with Crippen molar-refractivity contribution in [2.24, 2.45) is 11.7 Å². The third-order valence-corrected chi connectivity index (χ3v) is 8.02. The van der Waals surface area contributed by atoms with Crippen molar-refractivity contribution in [3.8, 4) is 0 Å². The summed E-state index contributed by atoms with van der Waals surface area (Å²) >= 11 is 0. The van der Waals surface area contributed by atoms with Gasteiger partial charge in [-0.1, -0.05) is 34.6 Å². The molecule has 0 aromatic heterocycles. The normalized spacial score (nSPS) is 13.4. The Morgan fingerprint density at radius 1 is 1.17 bits per heavy atom. The van der Waals surface area contributed by atoms with E-state index in [1.807, 2.05) is 47.7 Å². The molecule has 7 nitrogen and oxygen atoms in total. The first-order chi connectivity index (χ1) is 10.3. The zero-order chi connectivity index (χ0) is 18.4. The monoisotopic (exact) mass is 346 g/mol. The molecule has 0 saturated carbocycles. The highest BCUT2D eigenvalue weighted by Crippen LogP contribution is 2.36. The molecule has 0 aliphatic carbocycles. The highest BCUT2D eigenvalue weighted by Gasteiger charge is 2.42. The highest BCUT2D eigenvalue weighted by molar-refractivity contribution is 6.75. The molecule has 134 valence electrons. The molecule has 0 aromatic carbocycles. The summed E-state index contributed by atoms with van der Waals surface area (Å²) in [6.07, 6.45) is -1.10. The number of primary amides is 1. The summed E-state index contributed by atoms with van der Waals surface area (Å²) in [7, 11) is -2.36. The molecule has 0 aliphatic rings. The first-order valence-electron chi connectivity index (χ1n) is 7.70. The van der Waals surface area contributed by atoms with Crippen molar-refractivity contribution >= 4 is 26.3 Å². The number of hydrogen-bond donors (Lipinski definition) is 2. The zero-order valence-corrected chi connectivity index (χ0v) is 16.2. The Hall–Kier alpha value is -1.57. The molecule has 0 bridgehead atoms. The van der Waals surface area contributed by atoms with Crippen LogP contribution >= 0.6 is 0 Å². The quantitative estimate of drug-likeness (QED) is 0.687. The molecule has 23 heavy (non-hydrogen) atoms. The summed E-state index contributed by atoms with van der Waals surface area (Å²) < 4.78 is 10.6. The fraction of sp³-hybridized carbons (Fsp3) is 0.800. The fourth-order valence-electron chi connectivity index (χ4n) is 1.30. The lowest BCUT2D eigenvalue weighted by Gasteiger charge is -2.36. The molecule has 8 heteroatoms. The van der Waals surface area contributed by atoms with Gasteiger partial charge in [0.2, 0.25) is 5.91 Å². The summed E-state index contributed by atoms with van der Waals surface area (Å²) in [5.74, 6) is -1.20. The smallest absolute Gasteiger partial charge is 0.407 e. The Morgan fingerprint density at radius 3 is 2.09 bits per heavy atom. The molecule has 2 amide bonds. The van der Waals surface area contributed by atoms with Crippen LogP contribution in [0.1, 0.15) is 41.0 Å². The summed E-state index contributed by atoms with van der Waals surface area (Å²) in [6, 6.07) is -1.14. The van der Waals surface area contributed by atoms with E-state index in [-0.39, 0.29) is 24.0 Å². The molecule has 0 radical (unpaired) electrons. The van der Waals surface area contributed by atoms with Crippen molar-refractivity contribution < 1.29 is 23.5 Å². The Balaban J connectivity index is 4.93. The van der Waals surface area contributed by atoms with Gasteiger partial charge in [-0.25, -0.2) is 4.79 Å². The zero-order valence-electron chi connectivity index (χ0n) is 15.2. The third-order valence-electron chi connectivity index (χ3n) is 3.69. The van der Waals surface area contributed by atoms with Gasteiger partial charge in [0, 0.05) is 0 Å². The number of amides is 2. The number of carbonyl (C=O) groups excluding carboxylic acids is 3. The third kappa shape index (κ3) is 8.01. The molecule has 0 rings (SSSR count). The van der Waals surface area contributed by atoms with Gasteiger partial charge in [-0.05, 0) is 24.1 Å². The average Bonchev–Trinajstić information content (AvgIpc) is 2.33. The predicted molar refractivity (Wildman–Crippen MR) is 90.2 cm³/mol. The Bertz CT molecular complexity index is 444. The second kappa shape index (κ2) is 8.33. The minimum Gasteiger partial charge on any atom is -0.518 e. The van der Waals surface area contributed by atoms with Gasteiger partial charge in [-0.3, -0.25) is 9.59 Å². The number of nitrogens with one attached hydrogen (secondary N) is 1. The van der Waals surface area contributed by atoms with Crippen LogP contribution in [-0.2, 0) is 18.8 Å². The van der Waals surface area contributed by atoms with E-state index in [0.29, 0.717) is 0 Å². The van der Waals surface area contributed by atoms with Gasteiger partial charge in [-0.2, -0.15) is 0 Å². The van der Waals surface area contributed by atoms with E-state index >= 15 is 0 Å². The van der Waals surface area contributed by atoms with Crippen molar-refractivity contribution in [2.75, 3.05) is 6.61 Å². The van der Waals surface area contributed by atoms with Crippen LogP contribution in [0.15, 0.2) is 0 Å². The summed E-state index contributed by atoms with van der Waals surface area (Å²) in [6.45, 7) is 13.8.